The van der Waals surface area contributed by atoms with E-state index in [2.05, 4.69) is 10.3 Å². The van der Waals surface area contributed by atoms with Crippen LogP contribution in [0.4, 0.5) is 5.69 Å². The summed E-state index contributed by atoms with van der Waals surface area (Å²) in [5, 5.41) is 11.6. The van der Waals surface area contributed by atoms with Crippen LogP contribution < -0.4 is 5.32 Å². The van der Waals surface area contributed by atoms with E-state index in [1.807, 2.05) is 12.1 Å². The lowest BCUT2D eigenvalue weighted by Gasteiger charge is -2.27. The number of nitrogens with zero attached hydrogens (tertiary/aromatic N) is 2. The number of fused-ring (bicyclic) bond motifs is 1. The van der Waals surface area contributed by atoms with Crippen LogP contribution in [-0.2, 0) is 9.53 Å². The first kappa shape index (κ1) is 22.3. The zero-order chi connectivity index (χ0) is 22.5. The highest BCUT2D eigenvalue weighted by Crippen LogP contribution is 2.31. The van der Waals surface area contributed by atoms with Gasteiger partial charge in [-0.25, -0.2) is 4.98 Å². The van der Waals surface area contributed by atoms with E-state index in [9.17, 15) is 14.4 Å². The number of carbonyl (C=O) groups is 3. The number of carboxylic acids is 1. The highest BCUT2D eigenvalue weighted by Gasteiger charge is 2.23. The highest BCUT2D eigenvalue weighted by atomic mass is 32.2. The number of hydrogen-bond donors (Lipinski definition) is 2. The Balaban J connectivity index is 1.49. The van der Waals surface area contributed by atoms with Crippen molar-refractivity contribution in [2.45, 2.75) is 10.8 Å². The van der Waals surface area contributed by atoms with Gasteiger partial charge in [0.05, 0.1) is 41.0 Å². The second kappa shape index (κ2) is 10.1. The minimum atomic E-state index is -0.837. The third kappa shape index (κ3) is 5.26. The molecule has 2 N–H and O–H groups in total. The molecule has 8 nitrogen and oxygen atoms in total. The first-order valence-corrected chi connectivity index (χ1v) is 11.8. The van der Waals surface area contributed by atoms with Gasteiger partial charge in [0.1, 0.15) is 0 Å². The number of nitrogens with one attached hydrogen (secondary N) is 1. The maximum atomic E-state index is 13.0. The normalized spacial score (nSPS) is 13.8. The van der Waals surface area contributed by atoms with Gasteiger partial charge in [0.15, 0.2) is 4.34 Å². The molecule has 0 aliphatic carbocycles. The summed E-state index contributed by atoms with van der Waals surface area (Å²) in [5.41, 5.74) is 2.07. The Morgan fingerprint density at radius 1 is 1.12 bits per heavy atom. The summed E-state index contributed by atoms with van der Waals surface area (Å²) in [6.45, 7) is 1.99. The summed E-state index contributed by atoms with van der Waals surface area (Å²) in [6.07, 6.45) is 0.0739. The fraction of sp³-hybridized carbons (Fsp3) is 0.273. The molecule has 0 unspecified atom stereocenters. The van der Waals surface area contributed by atoms with E-state index >= 15 is 0 Å². The van der Waals surface area contributed by atoms with Crippen LogP contribution in [0, 0.1) is 0 Å². The standard InChI is InChI=1S/C22H21N3O5S2/c26-19(27)7-12-31-22-24-17-6-5-14(13-18(17)32-22)23-20(28)15-3-1-2-4-16(15)21(29)25-8-10-30-11-9-25/h1-6,13H,7-12H2,(H,23,28)(H,26,27). The molecule has 0 spiro atoms. The van der Waals surface area contributed by atoms with E-state index in [4.69, 9.17) is 9.84 Å². The van der Waals surface area contributed by atoms with Crippen molar-refractivity contribution in [3.63, 3.8) is 0 Å². The van der Waals surface area contributed by atoms with Gasteiger partial charge in [0.2, 0.25) is 0 Å². The van der Waals surface area contributed by atoms with E-state index in [0.717, 1.165) is 14.6 Å². The fourth-order valence-electron chi connectivity index (χ4n) is 3.27. The number of morpholine rings is 1. The number of carbonyl (C=O) groups excluding carboxylic acids is 2. The topological polar surface area (TPSA) is 109 Å². The minimum absolute atomic E-state index is 0.0739. The van der Waals surface area contributed by atoms with E-state index in [1.54, 1.807) is 35.2 Å². The van der Waals surface area contributed by atoms with Gasteiger partial charge in [-0.05, 0) is 30.3 Å². The summed E-state index contributed by atoms with van der Waals surface area (Å²) >= 11 is 2.85. The van der Waals surface area contributed by atoms with Crippen molar-refractivity contribution in [3.05, 3.63) is 53.6 Å². The number of aromatic nitrogens is 1. The molecule has 3 aromatic rings. The lowest BCUT2D eigenvalue weighted by atomic mass is 10.0. The molecular weight excluding hydrogens is 450 g/mol. The Morgan fingerprint density at radius 3 is 2.62 bits per heavy atom. The first-order valence-electron chi connectivity index (χ1n) is 10.0. The average molecular weight is 472 g/mol. The van der Waals surface area contributed by atoms with Crippen molar-refractivity contribution in [2.75, 3.05) is 37.4 Å². The van der Waals surface area contributed by atoms with Gasteiger partial charge >= 0.3 is 5.97 Å². The van der Waals surface area contributed by atoms with Crippen molar-refractivity contribution in [1.82, 2.24) is 9.88 Å². The number of thiazole rings is 1. The fourth-order valence-corrected chi connectivity index (χ4v) is 5.38. The number of amides is 2. The number of ether oxygens (including phenoxy) is 1. The smallest absolute Gasteiger partial charge is 0.304 e. The maximum absolute atomic E-state index is 13.0. The zero-order valence-corrected chi connectivity index (χ0v) is 18.7. The molecule has 0 bridgehead atoms. The van der Waals surface area contributed by atoms with Crippen LogP contribution in [0.5, 0.6) is 0 Å². The molecule has 2 aromatic carbocycles. The summed E-state index contributed by atoms with van der Waals surface area (Å²) in [7, 11) is 0. The summed E-state index contributed by atoms with van der Waals surface area (Å²) in [5.74, 6) is -0.926. The van der Waals surface area contributed by atoms with Gasteiger partial charge < -0.3 is 20.1 Å². The monoisotopic (exact) mass is 471 g/mol. The predicted octanol–water partition coefficient (Wildman–Crippen LogP) is 3.59. The van der Waals surface area contributed by atoms with Gasteiger partial charge in [0, 0.05) is 24.5 Å². The van der Waals surface area contributed by atoms with Crippen molar-refractivity contribution in [3.8, 4) is 0 Å². The molecule has 1 aliphatic rings. The molecule has 0 atom stereocenters. The SMILES string of the molecule is O=C(O)CCSc1nc2ccc(NC(=O)c3ccccc3C(=O)N3CCOCC3)cc2s1. The number of carboxylic acid groups (broad SMARTS) is 1. The lowest BCUT2D eigenvalue weighted by molar-refractivity contribution is -0.136. The van der Waals surface area contributed by atoms with Crippen LogP contribution in [0.25, 0.3) is 10.2 Å². The Kier molecular flexibility index (Phi) is 7.03. The largest absolute Gasteiger partial charge is 0.481 e. The molecule has 1 fully saturated rings. The van der Waals surface area contributed by atoms with E-state index in [0.29, 0.717) is 48.9 Å². The van der Waals surface area contributed by atoms with Crippen LogP contribution in [0.2, 0.25) is 0 Å². The summed E-state index contributed by atoms with van der Waals surface area (Å²) < 4.78 is 6.98. The molecule has 1 aromatic heterocycles. The molecule has 166 valence electrons. The van der Waals surface area contributed by atoms with Crippen LogP contribution in [-0.4, -0.2) is 64.8 Å². The van der Waals surface area contributed by atoms with Crippen molar-refractivity contribution >= 4 is 56.8 Å². The van der Waals surface area contributed by atoms with Gasteiger partial charge in [-0.1, -0.05) is 23.9 Å². The van der Waals surface area contributed by atoms with Crippen LogP contribution in [0.3, 0.4) is 0 Å². The van der Waals surface area contributed by atoms with E-state index in [1.165, 1.54) is 23.1 Å². The van der Waals surface area contributed by atoms with Gasteiger partial charge in [0.25, 0.3) is 11.8 Å². The molecule has 2 heterocycles. The van der Waals surface area contributed by atoms with Crippen LogP contribution in [0.1, 0.15) is 27.1 Å². The Hall–Kier alpha value is -2.95. The number of hydrogen-bond acceptors (Lipinski definition) is 7. The lowest BCUT2D eigenvalue weighted by Crippen LogP contribution is -2.41. The second-order valence-corrected chi connectivity index (χ2v) is 9.43. The minimum Gasteiger partial charge on any atom is -0.481 e. The maximum Gasteiger partial charge on any atom is 0.304 e. The molecule has 1 aliphatic heterocycles. The molecule has 1 saturated heterocycles. The molecule has 2 amide bonds. The quantitative estimate of drug-likeness (QED) is 0.507. The van der Waals surface area contributed by atoms with Crippen molar-refractivity contribution < 1.29 is 24.2 Å². The molecule has 4 rings (SSSR count). The molecular formula is C22H21N3O5S2. The molecule has 0 radical (unpaired) electrons. The number of benzene rings is 2. The highest BCUT2D eigenvalue weighted by molar-refractivity contribution is 8.01. The summed E-state index contributed by atoms with van der Waals surface area (Å²) in [6, 6.07) is 12.2. The zero-order valence-electron chi connectivity index (χ0n) is 17.1. The number of aliphatic carboxylic acids is 1. The van der Waals surface area contributed by atoms with Crippen molar-refractivity contribution in [1.29, 1.82) is 0 Å². The Labute approximate surface area is 192 Å². The Morgan fingerprint density at radius 2 is 1.88 bits per heavy atom. The summed E-state index contributed by atoms with van der Waals surface area (Å²) in [4.78, 5) is 42.8. The molecule has 10 heteroatoms. The van der Waals surface area contributed by atoms with Crippen molar-refractivity contribution in [2.24, 2.45) is 0 Å². The van der Waals surface area contributed by atoms with E-state index in [-0.39, 0.29) is 18.2 Å². The predicted molar refractivity (Wildman–Crippen MR) is 124 cm³/mol. The second-order valence-electron chi connectivity index (χ2n) is 7.06. The molecule has 32 heavy (non-hydrogen) atoms. The van der Waals surface area contributed by atoms with Crippen LogP contribution in [0.15, 0.2) is 46.8 Å². The van der Waals surface area contributed by atoms with Gasteiger partial charge in [-0.3, -0.25) is 14.4 Å². The molecule has 0 saturated carbocycles. The first-order chi connectivity index (χ1) is 15.5. The average Bonchev–Trinajstić information content (AvgIpc) is 3.21. The van der Waals surface area contributed by atoms with Gasteiger partial charge in [-0.15, -0.1) is 11.3 Å². The third-order valence-electron chi connectivity index (χ3n) is 4.87. The third-order valence-corrected chi connectivity index (χ3v) is 7.03. The van der Waals surface area contributed by atoms with Crippen LogP contribution >= 0.6 is 23.1 Å². The van der Waals surface area contributed by atoms with Gasteiger partial charge in [-0.2, -0.15) is 0 Å². The van der Waals surface area contributed by atoms with E-state index < -0.39 is 5.97 Å². The Bertz CT molecular complexity index is 1160. The number of thioether (sulfide) groups is 1. The number of anilines is 1. The number of rotatable bonds is 7.